The molecule has 0 saturated carbocycles. The van der Waals surface area contributed by atoms with Gasteiger partial charge in [0.1, 0.15) is 5.75 Å². The monoisotopic (exact) mass is 242 g/mol. The van der Waals surface area contributed by atoms with Gasteiger partial charge in [0.05, 0.1) is 13.2 Å². The zero-order valence-electron chi connectivity index (χ0n) is 10.0. The molecule has 1 aromatic rings. The molecule has 0 fully saturated rings. The largest absolute Gasteiger partial charge is 0.496 e. The highest BCUT2D eigenvalue weighted by atomic mass is 35.5. The maximum Gasteiger partial charge on any atom is 0.122 e. The maximum absolute atomic E-state index is 9.75. The Hall–Kier alpha value is -0.730. The molecular weight excluding hydrogens is 224 g/mol. The van der Waals surface area contributed by atoms with Crippen LogP contribution in [0.3, 0.4) is 0 Å². The van der Waals surface area contributed by atoms with Crippen molar-refractivity contribution in [3.8, 4) is 5.75 Å². The quantitative estimate of drug-likeness (QED) is 0.859. The van der Waals surface area contributed by atoms with Gasteiger partial charge in [0.15, 0.2) is 0 Å². The Balaban J connectivity index is 2.82. The van der Waals surface area contributed by atoms with Crippen molar-refractivity contribution in [3.05, 3.63) is 28.8 Å². The molecule has 16 heavy (non-hydrogen) atoms. The summed E-state index contributed by atoms with van der Waals surface area (Å²) in [4.78, 5) is 0. The lowest BCUT2D eigenvalue weighted by atomic mass is 9.94. The number of ether oxygens (including phenoxy) is 1. The van der Waals surface area contributed by atoms with E-state index in [0.29, 0.717) is 5.02 Å². The second-order valence-electron chi connectivity index (χ2n) is 4.11. The summed E-state index contributed by atoms with van der Waals surface area (Å²) in [6, 6.07) is 5.58. The van der Waals surface area contributed by atoms with Gasteiger partial charge in [-0.1, -0.05) is 25.4 Å². The second kappa shape index (κ2) is 6.12. The Morgan fingerprint density at radius 2 is 2.12 bits per heavy atom. The summed E-state index contributed by atoms with van der Waals surface area (Å²) in [5.74, 6) is 1.04. The van der Waals surface area contributed by atoms with Crippen LogP contribution in [0.25, 0.3) is 0 Å². The van der Waals surface area contributed by atoms with E-state index in [0.717, 1.165) is 24.2 Å². The minimum absolute atomic E-state index is 0.206. The molecule has 2 nitrogen and oxygen atoms in total. The Kier molecular flexibility index (Phi) is 5.10. The van der Waals surface area contributed by atoms with Gasteiger partial charge < -0.3 is 9.84 Å². The molecule has 0 heterocycles. The van der Waals surface area contributed by atoms with Gasteiger partial charge >= 0.3 is 0 Å². The molecule has 3 heteroatoms. The van der Waals surface area contributed by atoms with E-state index in [-0.39, 0.29) is 12.0 Å². The molecular formula is C13H19ClO2. The van der Waals surface area contributed by atoms with Gasteiger partial charge in [-0.05, 0) is 42.5 Å². The standard InChI is InChI=1S/C13H19ClO2/c1-4-12(15)9(2)7-10-8-11(14)5-6-13(10)16-3/h5-6,8-9,12,15H,4,7H2,1-3H3. The average molecular weight is 243 g/mol. The Bertz CT molecular complexity index is 339. The van der Waals surface area contributed by atoms with E-state index < -0.39 is 0 Å². The lowest BCUT2D eigenvalue weighted by molar-refractivity contribution is 0.112. The first-order valence-corrected chi connectivity index (χ1v) is 5.96. The van der Waals surface area contributed by atoms with Gasteiger partial charge in [-0.2, -0.15) is 0 Å². The van der Waals surface area contributed by atoms with E-state index in [1.807, 2.05) is 32.0 Å². The fraction of sp³-hybridized carbons (Fsp3) is 0.538. The number of halogens is 1. The number of benzene rings is 1. The fourth-order valence-corrected chi connectivity index (χ4v) is 1.99. The van der Waals surface area contributed by atoms with E-state index in [2.05, 4.69) is 0 Å². The maximum atomic E-state index is 9.75. The molecule has 0 aliphatic carbocycles. The van der Waals surface area contributed by atoms with E-state index >= 15 is 0 Å². The highest BCUT2D eigenvalue weighted by Crippen LogP contribution is 2.26. The predicted octanol–water partition coefficient (Wildman–Crippen LogP) is 3.30. The number of aliphatic hydroxyl groups excluding tert-OH is 1. The van der Waals surface area contributed by atoms with Crippen molar-refractivity contribution in [3.63, 3.8) is 0 Å². The van der Waals surface area contributed by atoms with E-state index in [4.69, 9.17) is 16.3 Å². The number of hydrogen-bond donors (Lipinski definition) is 1. The van der Waals surface area contributed by atoms with E-state index in [9.17, 15) is 5.11 Å². The first kappa shape index (κ1) is 13.3. The lowest BCUT2D eigenvalue weighted by Crippen LogP contribution is -2.18. The zero-order chi connectivity index (χ0) is 12.1. The summed E-state index contributed by atoms with van der Waals surface area (Å²) in [5, 5.41) is 10.4. The summed E-state index contributed by atoms with van der Waals surface area (Å²) < 4.78 is 5.27. The predicted molar refractivity (Wildman–Crippen MR) is 67.2 cm³/mol. The van der Waals surface area contributed by atoms with Gasteiger partial charge in [0.2, 0.25) is 0 Å². The van der Waals surface area contributed by atoms with Crippen LogP contribution in [-0.4, -0.2) is 18.3 Å². The number of rotatable bonds is 5. The topological polar surface area (TPSA) is 29.5 Å². The molecule has 0 amide bonds. The molecule has 0 radical (unpaired) electrons. The molecule has 1 rings (SSSR count). The lowest BCUT2D eigenvalue weighted by Gasteiger charge is -2.18. The van der Waals surface area contributed by atoms with Crippen molar-refractivity contribution >= 4 is 11.6 Å². The average Bonchev–Trinajstić information content (AvgIpc) is 2.28. The Morgan fingerprint density at radius 3 is 2.69 bits per heavy atom. The Morgan fingerprint density at radius 1 is 1.44 bits per heavy atom. The van der Waals surface area contributed by atoms with Crippen LogP contribution in [0.4, 0.5) is 0 Å². The van der Waals surface area contributed by atoms with Crippen LogP contribution in [0.15, 0.2) is 18.2 Å². The summed E-state index contributed by atoms with van der Waals surface area (Å²) in [7, 11) is 1.65. The van der Waals surface area contributed by atoms with Crippen molar-refractivity contribution < 1.29 is 9.84 Å². The van der Waals surface area contributed by atoms with Gasteiger partial charge in [-0.3, -0.25) is 0 Å². The van der Waals surface area contributed by atoms with Gasteiger partial charge in [0, 0.05) is 5.02 Å². The molecule has 0 bridgehead atoms. The van der Waals surface area contributed by atoms with Crippen molar-refractivity contribution in [2.24, 2.45) is 5.92 Å². The highest BCUT2D eigenvalue weighted by Gasteiger charge is 2.15. The third-order valence-electron chi connectivity index (χ3n) is 2.86. The first-order valence-electron chi connectivity index (χ1n) is 5.59. The third kappa shape index (κ3) is 3.39. The zero-order valence-corrected chi connectivity index (χ0v) is 10.8. The molecule has 0 aliphatic rings. The highest BCUT2D eigenvalue weighted by molar-refractivity contribution is 6.30. The fourth-order valence-electron chi connectivity index (χ4n) is 1.79. The molecule has 2 unspecified atom stereocenters. The summed E-state index contributed by atoms with van der Waals surface area (Å²) >= 11 is 5.95. The van der Waals surface area contributed by atoms with E-state index in [1.165, 1.54) is 0 Å². The van der Waals surface area contributed by atoms with Crippen molar-refractivity contribution in [2.75, 3.05) is 7.11 Å². The molecule has 1 N–H and O–H groups in total. The molecule has 0 saturated heterocycles. The van der Waals surface area contributed by atoms with Crippen LogP contribution < -0.4 is 4.74 Å². The molecule has 0 aromatic heterocycles. The minimum atomic E-state index is -0.274. The summed E-state index contributed by atoms with van der Waals surface area (Å²) in [6.07, 6.45) is 1.27. The molecule has 90 valence electrons. The molecule has 0 aliphatic heterocycles. The van der Waals surface area contributed by atoms with Crippen LogP contribution in [0.2, 0.25) is 5.02 Å². The van der Waals surface area contributed by atoms with Crippen LogP contribution in [0, 0.1) is 5.92 Å². The van der Waals surface area contributed by atoms with Gasteiger partial charge in [-0.15, -0.1) is 0 Å². The molecule has 2 atom stereocenters. The first-order chi connectivity index (χ1) is 7.58. The van der Waals surface area contributed by atoms with Crippen LogP contribution in [0.1, 0.15) is 25.8 Å². The van der Waals surface area contributed by atoms with E-state index in [1.54, 1.807) is 7.11 Å². The second-order valence-corrected chi connectivity index (χ2v) is 4.55. The number of aliphatic hydroxyl groups is 1. The molecule has 0 spiro atoms. The normalized spacial score (nSPS) is 14.6. The smallest absolute Gasteiger partial charge is 0.122 e. The van der Waals surface area contributed by atoms with Crippen LogP contribution >= 0.6 is 11.6 Å². The SMILES string of the molecule is CCC(O)C(C)Cc1cc(Cl)ccc1OC. The molecule has 1 aromatic carbocycles. The van der Waals surface area contributed by atoms with Crippen molar-refractivity contribution in [1.29, 1.82) is 0 Å². The van der Waals surface area contributed by atoms with Crippen molar-refractivity contribution in [2.45, 2.75) is 32.8 Å². The third-order valence-corrected chi connectivity index (χ3v) is 3.09. The van der Waals surface area contributed by atoms with Gasteiger partial charge in [0.25, 0.3) is 0 Å². The summed E-state index contributed by atoms with van der Waals surface area (Å²) in [6.45, 7) is 4.02. The number of hydrogen-bond acceptors (Lipinski definition) is 2. The van der Waals surface area contributed by atoms with Crippen molar-refractivity contribution in [1.82, 2.24) is 0 Å². The Labute approximate surface area is 102 Å². The van der Waals surface area contributed by atoms with Crippen LogP contribution in [0.5, 0.6) is 5.75 Å². The van der Waals surface area contributed by atoms with Crippen LogP contribution in [-0.2, 0) is 6.42 Å². The minimum Gasteiger partial charge on any atom is -0.496 e. The number of methoxy groups -OCH3 is 1. The summed E-state index contributed by atoms with van der Waals surface area (Å²) in [5.41, 5.74) is 1.05. The van der Waals surface area contributed by atoms with Gasteiger partial charge in [-0.25, -0.2) is 0 Å².